The van der Waals surface area contributed by atoms with Gasteiger partial charge in [0.1, 0.15) is 4.90 Å². The molecule has 0 radical (unpaired) electrons. The van der Waals surface area contributed by atoms with Crippen LogP contribution in [0.4, 0.5) is 5.69 Å². The summed E-state index contributed by atoms with van der Waals surface area (Å²) in [4.78, 5) is 0.216. The third kappa shape index (κ3) is 2.32. The lowest BCUT2D eigenvalue weighted by molar-refractivity contribution is 0.586. The Hall–Kier alpha value is -1.86. The van der Waals surface area contributed by atoms with Crippen LogP contribution in [0.2, 0.25) is 0 Å². The van der Waals surface area contributed by atoms with E-state index < -0.39 is 10.0 Å². The Kier molecular flexibility index (Phi) is 3.46. The molecule has 0 bridgehead atoms. The Labute approximate surface area is 124 Å². The molecule has 3 rings (SSSR count). The number of rotatable bonds is 4. The summed E-state index contributed by atoms with van der Waals surface area (Å²) in [5.41, 5.74) is 7.45. The highest BCUT2D eigenvalue weighted by Crippen LogP contribution is 2.40. The van der Waals surface area contributed by atoms with Crippen LogP contribution >= 0.6 is 0 Å². The lowest BCUT2D eigenvalue weighted by Crippen LogP contribution is -2.30. The molecule has 1 aliphatic rings. The summed E-state index contributed by atoms with van der Waals surface area (Å²) in [7, 11) is -1.87. The summed E-state index contributed by atoms with van der Waals surface area (Å²) in [5.74, 6) is 0.151. The summed E-state index contributed by atoms with van der Waals surface area (Å²) in [6, 6.07) is 7.62. The molecule has 1 aliphatic heterocycles. The number of nitrogens with two attached hydrogens (primary N) is 1. The van der Waals surface area contributed by atoms with E-state index in [1.54, 1.807) is 7.05 Å². The van der Waals surface area contributed by atoms with Crippen LogP contribution < -0.4 is 10.0 Å². The fraction of sp³-hybridized carbons (Fsp3) is 0.357. The van der Waals surface area contributed by atoms with Crippen LogP contribution in [0.25, 0.3) is 0 Å². The van der Waals surface area contributed by atoms with Crippen molar-refractivity contribution in [1.29, 1.82) is 0 Å². The molecule has 7 heteroatoms. The third-order valence-electron chi connectivity index (χ3n) is 3.82. The van der Waals surface area contributed by atoms with Crippen molar-refractivity contribution in [2.75, 3.05) is 17.4 Å². The average molecular weight is 306 g/mol. The van der Waals surface area contributed by atoms with Crippen LogP contribution in [0.5, 0.6) is 0 Å². The molecule has 0 saturated carbocycles. The number of benzene rings is 1. The summed E-state index contributed by atoms with van der Waals surface area (Å²) in [6.07, 6.45) is 3.68. The van der Waals surface area contributed by atoms with Gasteiger partial charge in [-0.2, -0.15) is 5.10 Å². The normalized spacial score (nSPS) is 18.0. The Morgan fingerprint density at radius 2 is 2.14 bits per heavy atom. The second-order valence-electron chi connectivity index (χ2n) is 5.22. The van der Waals surface area contributed by atoms with Gasteiger partial charge in [0, 0.05) is 25.7 Å². The van der Waals surface area contributed by atoms with Crippen LogP contribution in [-0.2, 0) is 17.1 Å². The van der Waals surface area contributed by atoms with Gasteiger partial charge in [0.25, 0.3) is 10.0 Å². The second kappa shape index (κ2) is 5.16. The number of hydrogen-bond acceptors (Lipinski definition) is 4. The zero-order valence-electron chi connectivity index (χ0n) is 11.8. The molecule has 0 spiro atoms. The van der Waals surface area contributed by atoms with Gasteiger partial charge in [-0.3, -0.25) is 8.99 Å². The summed E-state index contributed by atoms with van der Waals surface area (Å²) in [6.45, 7) is 0.980. The SMILES string of the molecule is Cn1cc(S(=O)(=O)N2CC(CCN)c3ccccc32)cn1. The van der Waals surface area contributed by atoms with Gasteiger partial charge >= 0.3 is 0 Å². The first-order valence-corrected chi connectivity index (χ1v) is 8.28. The summed E-state index contributed by atoms with van der Waals surface area (Å²) >= 11 is 0. The van der Waals surface area contributed by atoms with Crippen molar-refractivity contribution in [3.05, 3.63) is 42.2 Å². The highest BCUT2D eigenvalue weighted by molar-refractivity contribution is 7.92. The van der Waals surface area contributed by atoms with Gasteiger partial charge in [0.15, 0.2) is 0 Å². The number of para-hydroxylation sites is 1. The van der Waals surface area contributed by atoms with Crippen LogP contribution in [0, 0.1) is 0 Å². The number of sulfonamides is 1. The van der Waals surface area contributed by atoms with Gasteiger partial charge in [-0.05, 0) is 24.6 Å². The fourth-order valence-corrected chi connectivity index (χ4v) is 4.31. The van der Waals surface area contributed by atoms with Gasteiger partial charge in [0.2, 0.25) is 0 Å². The smallest absolute Gasteiger partial charge is 0.267 e. The van der Waals surface area contributed by atoms with Crippen molar-refractivity contribution in [3.8, 4) is 0 Å². The van der Waals surface area contributed by atoms with E-state index in [1.165, 1.54) is 21.4 Å². The van der Waals surface area contributed by atoms with Crippen LogP contribution in [-0.4, -0.2) is 31.3 Å². The maximum absolute atomic E-state index is 12.8. The number of nitrogens with zero attached hydrogens (tertiary/aromatic N) is 3. The Morgan fingerprint density at radius 3 is 2.81 bits per heavy atom. The van der Waals surface area contributed by atoms with E-state index in [0.717, 1.165) is 17.7 Å². The largest absolute Gasteiger partial charge is 0.330 e. The van der Waals surface area contributed by atoms with Gasteiger partial charge in [-0.1, -0.05) is 18.2 Å². The third-order valence-corrected chi connectivity index (χ3v) is 5.55. The van der Waals surface area contributed by atoms with Crippen molar-refractivity contribution < 1.29 is 8.42 Å². The highest BCUT2D eigenvalue weighted by atomic mass is 32.2. The quantitative estimate of drug-likeness (QED) is 0.916. The molecule has 0 saturated heterocycles. The van der Waals surface area contributed by atoms with Crippen molar-refractivity contribution in [2.45, 2.75) is 17.2 Å². The number of aromatic nitrogens is 2. The van der Waals surface area contributed by atoms with Gasteiger partial charge in [0.05, 0.1) is 11.9 Å². The molecule has 1 aromatic heterocycles. The van der Waals surface area contributed by atoms with Crippen molar-refractivity contribution in [3.63, 3.8) is 0 Å². The molecule has 112 valence electrons. The molecule has 1 atom stereocenters. The topological polar surface area (TPSA) is 81.2 Å². The molecule has 2 heterocycles. The second-order valence-corrected chi connectivity index (χ2v) is 7.08. The Balaban J connectivity index is 2.04. The number of anilines is 1. The summed E-state index contributed by atoms with van der Waals surface area (Å²) < 4.78 is 28.6. The van der Waals surface area contributed by atoms with Crippen LogP contribution in [0.3, 0.4) is 0 Å². The van der Waals surface area contributed by atoms with E-state index in [2.05, 4.69) is 5.10 Å². The molecule has 1 aromatic carbocycles. The molecular formula is C14H18N4O2S. The molecule has 2 aromatic rings. The molecular weight excluding hydrogens is 288 g/mol. The average Bonchev–Trinajstić information content (AvgIpc) is 3.05. The molecule has 0 fully saturated rings. The lowest BCUT2D eigenvalue weighted by Gasteiger charge is -2.18. The van der Waals surface area contributed by atoms with Crippen molar-refractivity contribution in [1.82, 2.24) is 9.78 Å². The minimum atomic E-state index is -3.57. The standard InChI is InChI=1S/C14H18N4O2S/c1-17-10-12(8-16-17)21(19,20)18-9-11(6-7-15)13-4-2-3-5-14(13)18/h2-5,8,10-11H,6-7,9,15H2,1H3. The van der Waals surface area contributed by atoms with E-state index in [0.29, 0.717) is 13.1 Å². The lowest BCUT2D eigenvalue weighted by atomic mass is 9.98. The molecule has 0 aliphatic carbocycles. The first kappa shape index (κ1) is 14.1. The zero-order valence-corrected chi connectivity index (χ0v) is 12.6. The minimum Gasteiger partial charge on any atom is -0.330 e. The van der Waals surface area contributed by atoms with E-state index in [-0.39, 0.29) is 10.8 Å². The molecule has 21 heavy (non-hydrogen) atoms. The fourth-order valence-electron chi connectivity index (χ4n) is 2.79. The molecule has 2 N–H and O–H groups in total. The molecule has 0 amide bonds. The predicted molar refractivity (Wildman–Crippen MR) is 80.6 cm³/mol. The highest BCUT2D eigenvalue weighted by Gasteiger charge is 2.36. The van der Waals surface area contributed by atoms with Crippen LogP contribution in [0.1, 0.15) is 17.9 Å². The first-order valence-electron chi connectivity index (χ1n) is 6.84. The van der Waals surface area contributed by atoms with E-state index >= 15 is 0 Å². The van der Waals surface area contributed by atoms with Crippen molar-refractivity contribution >= 4 is 15.7 Å². The van der Waals surface area contributed by atoms with E-state index in [9.17, 15) is 8.42 Å². The first-order chi connectivity index (χ1) is 10.0. The minimum absolute atomic E-state index is 0.151. The van der Waals surface area contributed by atoms with Gasteiger partial charge in [-0.15, -0.1) is 0 Å². The van der Waals surface area contributed by atoms with Crippen molar-refractivity contribution in [2.24, 2.45) is 12.8 Å². The Morgan fingerprint density at radius 1 is 1.38 bits per heavy atom. The molecule has 6 nitrogen and oxygen atoms in total. The number of fused-ring (bicyclic) bond motifs is 1. The van der Waals surface area contributed by atoms with E-state index in [1.807, 2.05) is 24.3 Å². The maximum Gasteiger partial charge on any atom is 0.267 e. The van der Waals surface area contributed by atoms with Gasteiger partial charge in [-0.25, -0.2) is 8.42 Å². The zero-order chi connectivity index (χ0) is 15.0. The van der Waals surface area contributed by atoms with Crippen LogP contribution in [0.15, 0.2) is 41.6 Å². The number of hydrogen-bond donors (Lipinski definition) is 1. The maximum atomic E-state index is 12.8. The Bertz CT molecular complexity index is 754. The predicted octanol–water partition coefficient (Wildman–Crippen LogP) is 1.06. The molecule has 1 unspecified atom stereocenters. The summed E-state index contributed by atoms with van der Waals surface area (Å²) in [5, 5.41) is 3.96. The monoisotopic (exact) mass is 306 g/mol. The number of aryl methyl sites for hydroxylation is 1. The van der Waals surface area contributed by atoms with Gasteiger partial charge < -0.3 is 5.73 Å². The van der Waals surface area contributed by atoms with E-state index in [4.69, 9.17) is 5.73 Å².